The van der Waals surface area contributed by atoms with E-state index in [1.54, 1.807) is 42.5 Å². The Morgan fingerprint density at radius 1 is 1.10 bits per heavy atom. The number of aromatic nitrogens is 4. The molecule has 0 bridgehead atoms. The molecule has 8 nitrogen and oxygen atoms in total. The van der Waals surface area contributed by atoms with Gasteiger partial charge in [0.2, 0.25) is 0 Å². The monoisotopic (exact) mass is 401 g/mol. The van der Waals surface area contributed by atoms with Gasteiger partial charge in [-0.25, -0.2) is 0 Å². The number of rotatable bonds is 7. The molecule has 30 heavy (non-hydrogen) atoms. The Morgan fingerprint density at radius 2 is 1.90 bits per heavy atom. The average Bonchev–Trinajstić information content (AvgIpc) is 3.46. The van der Waals surface area contributed by atoms with Gasteiger partial charge < -0.3 is 14.5 Å². The summed E-state index contributed by atoms with van der Waals surface area (Å²) in [7, 11) is 0. The number of tetrazole rings is 1. The van der Waals surface area contributed by atoms with Gasteiger partial charge in [-0.2, -0.15) is 4.68 Å². The predicted molar refractivity (Wildman–Crippen MR) is 112 cm³/mol. The minimum atomic E-state index is -0.389. The molecule has 0 aliphatic rings. The van der Waals surface area contributed by atoms with Gasteiger partial charge in [-0.05, 0) is 53.7 Å². The highest BCUT2D eigenvalue weighted by molar-refractivity contribution is 6.24. The molecule has 0 radical (unpaired) electrons. The van der Waals surface area contributed by atoms with Gasteiger partial charge in [0.25, 0.3) is 5.91 Å². The number of hydrogen-bond donors (Lipinski definition) is 1. The Balaban J connectivity index is 1.68. The maximum atomic E-state index is 13.2. The van der Waals surface area contributed by atoms with Crippen LogP contribution in [0.15, 0.2) is 77.4 Å². The third-order valence-corrected chi connectivity index (χ3v) is 4.21. The SMILES string of the molecule is CCOc1ccc(NC(=O)/C(=C/c2ccco2)n2nnnc2-c2ccccc2)cc1. The van der Waals surface area contributed by atoms with E-state index in [-0.39, 0.29) is 11.6 Å². The van der Waals surface area contributed by atoms with Crippen molar-refractivity contribution >= 4 is 23.4 Å². The smallest absolute Gasteiger partial charge is 0.274 e. The zero-order chi connectivity index (χ0) is 20.8. The Hall–Kier alpha value is -4.20. The van der Waals surface area contributed by atoms with Gasteiger partial charge in [0, 0.05) is 17.3 Å². The molecule has 0 atom stereocenters. The van der Waals surface area contributed by atoms with E-state index in [0.717, 1.165) is 11.3 Å². The van der Waals surface area contributed by atoms with Crippen LogP contribution in [0.5, 0.6) is 5.75 Å². The van der Waals surface area contributed by atoms with Crippen LogP contribution in [0.25, 0.3) is 23.2 Å². The van der Waals surface area contributed by atoms with Crippen molar-refractivity contribution in [2.75, 3.05) is 11.9 Å². The minimum absolute atomic E-state index is 0.211. The minimum Gasteiger partial charge on any atom is -0.494 e. The lowest BCUT2D eigenvalue weighted by molar-refractivity contribution is -0.111. The molecule has 8 heteroatoms. The van der Waals surface area contributed by atoms with Gasteiger partial charge in [0.15, 0.2) is 5.82 Å². The number of benzene rings is 2. The molecular weight excluding hydrogens is 382 g/mol. The van der Waals surface area contributed by atoms with Crippen LogP contribution in [0.3, 0.4) is 0 Å². The molecular formula is C22H19N5O3. The third-order valence-electron chi connectivity index (χ3n) is 4.21. The number of carbonyl (C=O) groups excluding carboxylic acids is 1. The van der Waals surface area contributed by atoms with Crippen LogP contribution in [0.4, 0.5) is 5.69 Å². The van der Waals surface area contributed by atoms with Crippen molar-refractivity contribution in [2.45, 2.75) is 6.92 Å². The Kier molecular flexibility index (Phi) is 5.66. The zero-order valence-electron chi connectivity index (χ0n) is 16.2. The number of furan rings is 1. The molecule has 2 aromatic carbocycles. The topological polar surface area (TPSA) is 95.1 Å². The van der Waals surface area contributed by atoms with Crippen molar-refractivity contribution in [3.05, 3.63) is 78.8 Å². The zero-order valence-corrected chi connectivity index (χ0v) is 16.2. The summed E-state index contributed by atoms with van der Waals surface area (Å²) in [5.74, 6) is 1.28. The van der Waals surface area contributed by atoms with Crippen LogP contribution in [0.2, 0.25) is 0 Å². The van der Waals surface area contributed by atoms with Crippen LogP contribution in [-0.2, 0) is 4.79 Å². The second-order valence-corrected chi connectivity index (χ2v) is 6.24. The lowest BCUT2D eigenvalue weighted by atomic mass is 10.2. The molecule has 0 spiro atoms. The first kappa shape index (κ1) is 19.1. The van der Waals surface area contributed by atoms with Crippen molar-refractivity contribution in [3.8, 4) is 17.1 Å². The van der Waals surface area contributed by atoms with E-state index in [1.807, 2.05) is 37.3 Å². The Labute approximate surface area is 172 Å². The number of amides is 1. The van der Waals surface area contributed by atoms with Gasteiger partial charge in [-0.1, -0.05) is 30.3 Å². The molecule has 0 aliphatic carbocycles. The molecule has 0 saturated heterocycles. The van der Waals surface area contributed by atoms with Crippen LogP contribution in [0, 0.1) is 0 Å². The van der Waals surface area contributed by atoms with E-state index >= 15 is 0 Å². The lowest BCUT2D eigenvalue weighted by Crippen LogP contribution is -2.19. The van der Waals surface area contributed by atoms with Crippen molar-refractivity contribution in [2.24, 2.45) is 0 Å². The summed E-state index contributed by atoms with van der Waals surface area (Å²) in [6, 6.07) is 20.0. The van der Waals surface area contributed by atoms with Crippen LogP contribution in [-0.4, -0.2) is 32.7 Å². The number of nitrogens with one attached hydrogen (secondary N) is 1. The largest absolute Gasteiger partial charge is 0.494 e. The van der Waals surface area contributed by atoms with E-state index in [1.165, 1.54) is 10.9 Å². The van der Waals surface area contributed by atoms with Crippen molar-refractivity contribution < 1.29 is 13.9 Å². The van der Waals surface area contributed by atoms with Crippen LogP contribution in [0.1, 0.15) is 12.7 Å². The van der Waals surface area contributed by atoms with E-state index < -0.39 is 0 Å². The van der Waals surface area contributed by atoms with E-state index in [0.29, 0.717) is 23.9 Å². The Bertz CT molecular complexity index is 1130. The van der Waals surface area contributed by atoms with Gasteiger partial charge >= 0.3 is 0 Å². The van der Waals surface area contributed by atoms with Crippen molar-refractivity contribution in [3.63, 3.8) is 0 Å². The van der Waals surface area contributed by atoms with Crippen LogP contribution >= 0.6 is 0 Å². The molecule has 1 amide bonds. The van der Waals surface area contributed by atoms with Gasteiger partial charge in [0.1, 0.15) is 17.2 Å². The molecule has 0 unspecified atom stereocenters. The molecule has 0 aliphatic heterocycles. The van der Waals surface area contributed by atoms with Crippen molar-refractivity contribution in [1.82, 2.24) is 20.2 Å². The number of nitrogens with zero attached hydrogens (tertiary/aromatic N) is 4. The number of carbonyl (C=O) groups is 1. The summed E-state index contributed by atoms with van der Waals surface area (Å²) >= 11 is 0. The lowest BCUT2D eigenvalue weighted by Gasteiger charge is -2.11. The maximum Gasteiger partial charge on any atom is 0.274 e. The fraction of sp³-hybridized carbons (Fsp3) is 0.0909. The molecule has 0 fully saturated rings. The number of ether oxygens (including phenoxy) is 1. The molecule has 0 saturated carbocycles. The van der Waals surface area contributed by atoms with Gasteiger partial charge in [0.05, 0.1) is 12.9 Å². The molecule has 4 aromatic rings. The first-order chi connectivity index (χ1) is 14.7. The average molecular weight is 401 g/mol. The molecule has 4 rings (SSSR count). The summed E-state index contributed by atoms with van der Waals surface area (Å²) < 4.78 is 12.2. The third kappa shape index (κ3) is 4.27. The summed E-state index contributed by atoms with van der Waals surface area (Å²) in [4.78, 5) is 13.2. The van der Waals surface area contributed by atoms with Gasteiger partial charge in [-0.15, -0.1) is 5.10 Å². The van der Waals surface area contributed by atoms with Crippen molar-refractivity contribution in [1.29, 1.82) is 0 Å². The summed E-state index contributed by atoms with van der Waals surface area (Å²) in [6.45, 7) is 2.49. The maximum absolute atomic E-state index is 13.2. The van der Waals surface area contributed by atoms with E-state index in [9.17, 15) is 4.79 Å². The summed E-state index contributed by atoms with van der Waals surface area (Å²) in [5, 5.41) is 14.8. The first-order valence-electron chi connectivity index (χ1n) is 9.38. The number of anilines is 1. The fourth-order valence-corrected chi connectivity index (χ4v) is 2.84. The predicted octanol–water partition coefficient (Wildman–Crippen LogP) is 3.97. The molecule has 150 valence electrons. The highest BCUT2D eigenvalue weighted by Crippen LogP contribution is 2.22. The Morgan fingerprint density at radius 3 is 2.60 bits per heavy atom. The molecule has 1 N–H and O–H groups in total. The highest BCUT2D eigenvalue weighted by atomic mass is 16.5. The van der Waals surface area contributed by atoms with E-state index in [2.05, 4.69) is 20.8 Å². The molecule has 2 aromatic heterocycles. The quantitative estimate of drug-likeness (QED) is 0.471. The second-order valence-electron chi connectivity index (χ2n) is 6.24. The standard InChI is InChI=1S/C22H19N5O3/c1-2-29-18-12-10-17(11-13-18)23-22(28)20(15-19-9-6-14-30-19)27-21(24-25-26-27)16-7-4-3-5-8-16/h3-15H,2H2,1H3,(H,23,28)/b20-15-. The van der Waals surface area contributed by atoms with Crippen LogP contribution < -0.4 is 10.1 Å². The number of hydrogen-bond acceptors (Lipinski definition) is 6. The normalized spacial score (nSPS) is 11.3. The molecule has 2 heterocycles. The van der Waals surface area contributed by atoms with E-state index in [4.69, 9.17) is 9.15 Å². The highest BCUT2D eigenvalue weighted by Gasteiger charge is 2.20. The second kappa shape index (κ2) is 8.87. The first-order valence-corrected chi connectivity index (χ1v) is 9.38. The fourth-order valence-electron chi connectivity index (χ4n) is 2.84. The summed E-state index contributed by atoms with van der Waals surface area (Å²) in [5.41, 5.74) is 1.60. The summed E-state index contributed by atoms with van der Waals surface area (Å²) in [6.07, 6.45) is 3.12. The van der Waals surface area contributed by atoms with Gasteiger partial charge in [-0.3, -0.25) is 4.79 Å².